The second-order valence-corrected chi connectivity index (χ2v) is 7.22. The molecule has 142 valence electrons. The molecule has 0 spiro atoms. The summed E-state index contributed by atoms with van der Waals surface area (Å²) in [6.07, 6.45) is 3.36. The van der Waals surface area contributed by atoms with Crippen LogP contribution >= 0.6 is 11.3 Å². The van der Waals surface area contributed by atoms with Gasteiger partial charge in [0, 0.05) is 5.70 Å². The van der Waals surface area contributed by atoms with Crippen molar-refractivity contribution in [2.75, 3.05) is 6.61 Å². The van der Waals surface area contributed by atoms with Crippen molar-refractivity contribution in [3.8, 4) is 0 Å². The van der Waals surface area contributed by atoms with Crippen molar-refractivity contribution in [1.29, 1.82) is 0 Å². The van der Waals surface area contributed by atoms with Gasteiger partial charge in [-0.3, -0.25) is 9.36 Å². The lowest BCUT2D eigenvalue weighted by Gasteiger charge is -2.20. The second kappa shape index (κ2) is 7.44. The van der Waals surface area contributed by atoms with E-state index in [1.165, 1.54) is 22.2 Å². The Labute approximate surface area is 164 Å². The summed E-state index contributed by atoms with van der Waals surface area (Å²) < 4.78 is 12.7. The minimum atomic E-state index is -0.642. The normalized spacial score (nSPS) is 16.6. The first-order valence-corrected chi connectivity index (χ1v) is 9.70. The molecule has 0 saturated carbocycles. The Balaban J connectivity index is 1.95. The highest BCUT2D eigenvalue weighted by molar-refractivity contribution is 7.07. The van der Waals surface area contributed by atoms with Gasteiger partial charge in [-0.2, -0.15) is 0 Å². The fourth-order valence-electron chi connectivity index (χ4n) is 3.17. The molecule has 1 aliphatic rings. The van der Waals surface area contributed by atoms with Gasteiger partial charge in [-0.25, -0.2) is 9.79 Å². The summed E-state index contributed by atoms with van der Waals surface area (Å²) in [5.74, 6) is 0.0329. The van der Waals surface area contributed by atoms with E-state index in [4.69, 9.17) is 9.15 Å². The molecule has 1 aliphatic heterocycles. The molecule has 0 unspecified atom stereocenters. The molecule has 4 rings (SSSR count). The molecule has 0 bridgehead atoms. The number of thiazole rings is 1. The van der Waals surface area contributed by atoms with Crippen LogP contribution in [0.15, 0.2) is 68.5 Å². The number of hydrogen-bond donors (Lipinski definition) is 0. The average molecular weight is 394 g/mol. The molecule has 0 N–H and O–H groups in total. The lowest BCUT2D eigenvalue weighted by atomic mass is 10.0. The molecule has 1 aromatic carbocycles. The van der Waals surface area contributed by atoms with Crippen LogP contribution in [0.3, 0.4) is 0 Å². The molecule has 6 nitrogen and oxygen atoms in total. The van der Waals surface area contributed by atoms with E-state index in [1.807, 2.05) is 36.4 Å². The molecule has 0 radical (unpaired) electrons. The van der Waals surface area contributed by atoms with Gasteiger partial charge in [-0.15, -0.1) is 0 Å². The van der Waals surface area contributed by atoms with Crippen molar-refractivity contribution in [1.82, 2.24) is 4.57 Å². The number of rotatable bonds is 4. The predicted molar refractivity (Wildman–Crippen MR) is 106 cm³/mol. The Morgan fingerprint density at radius 3 is 2.75 bits per heavy atom. The maximum Gasteiger partial charge on any atom is 0.338 e. The Kier molecular flexibility index (Phi) is 4.83. The van der Waals surface area contributed by atoms with Crippen LogP contribution < -0.4 is 14.9 Å². The number of allylic oxidation sites excluding steroid dienone is 1. The van der Waals surface area contributed by atoms with Crippen molar-refractivity contribution in [3.63, 3.8) is 0 Å². The SMILES string of the molecule is CCOC(=O)C1=C(C)n2c(s/c(=C\c3ccccc3)c2=O)=N[C@@H]1c1ccco1. The summed E-state index contributed by atoms with van der Waals surface area (Å²) >= 11 is 1.29. The highest BCUT2D eigenvalue weighted by Crippen LogP contribution is 2.32. The number of hydrogen-bond acceptors (Lipinski definition) is 6. The molecule has 0 amide bonds. The number of carbonyl (C=O) groups is 1. The summed E-state index contributed by atoms with van der Waals surface area (Å²) in [6, 6.07) is 12.5. The van der Waals surface area contributed by atoms with Crippen LogP contribution in [0.1, 0.15) is 31.2 Å². The first kappa shape index (κ1) is 18.2. The molecular formula is C21H18N2O4S. The number of ether oxygens (including phenoxy) is 1. The molecule has 0 fully saturated rings. The molecular weight excluding hydrogens is 376 g/mol. The van der Waals surface area contributed by atoms with Crippen molar-refractivity contribution < 1.29 is 13.9 Å². The number of benzene rings is 1. The maximum absolute atomic E-state index is 13.0. The number of fused-ring (bicyclic) bond motifs is 1. The van der Waals surface area contributed by atoms with Crippen LogP contribution in [-0.2, 0) is 9.53 Å². The van der Waals surface area contributed by atoms with E-state index in [1.54, 1.807) is 26.0 Å². The highest BCUT2D eigenvalue weighted by Gasteiger charge is 2.32. The van der Waals surface area contributed by atoms with Crippen molar-refractivity contribution in [3.05, 3.63) is 85.3 Å². The van der Waals surface area contributed by atoms with Crippen LogP contribution in [0.2, 0.25) is 0 Å². The van der Waals surface area contributed by atoms with Crippen LogP contribution in [-0.4, -0.2) is 17.1 Å². The first-order chi connectivity index (χ1) is 13.6. The largest absolute Gasteiger partial charge is 0.467 e. The number of esters is 1. The standard InChI is InChI=1S/C21H18N2O4S/c1-3-26-20(25)17-13(2)23-19(24)16(12-14-8-5-4-6-9-14)28-21(23)22-18(17)15-10-7-11-27-15/h4-12,18H,3H2,1-2H3/b16-12-/t18-/m1/s1. The fourth-order valence-corrected chi connectivity index (χ4v) is 4.21. The van der Waals surface area contributed by atoms with Crippen molar-refractivity contribution in [2.45, 2.75) is 19.9 Å². The third-order valence-corrected chi connectivity index (χ3v) is 5.43. The van der Waals surface area contributed by atoms with Crippen LogP contribution in [0.5, 0.6) is 0 Å². The minimum Gasteiger partial charge on any atom is -0.467 e. The van der Waals surface area contributed by atoms with Gasteiger partial charge in [-0.05, 0) is 37.6 Å². The molecule has 3 heterocycles. The average Bonchev–Trinajstić information content (AvgIpc) is 3.31. The van der Waals surface area contributed by atoms with Crippen molar-refractivity contribution >= 4 is 29.1 Å². The van der Waals surface area contributed by atoms with Crippen LogP contribution in [0.25, 0.3) is 11.8 Å². The van der Waals surface area contributed by atoms with E-state index in [0.717, 1.165) is 5.56 Å². The quantitative estimate of drug-likeness (QED) is 0.638. The van der Waals surface area contributed by atoms with E-state index in [-0.39, 0.29) is 12.2 Å². The lowest BCUT2D eigenvalue weighted by Crippen LogP contribution is -2.35. The summed E-state index contributed by atoms with van der Waals surface area (Å²) in [5.41, 5.74) is 1.55. The van der Waals surface area contributed by atoms with Gasteiger partial charge in [0.25, 0.3) is 5.56 Å². The summed E-state index contributed by atoms with van der Waals surface area (Å²) in [4.78, 5) is 30.8. The minimum absolute atomic E-state index is 0.204. The van der Waals surface area contributed by atoms with Gasteiger partial charge in [0.05, 0.1) is 23.0 Å². The smallest absolute Gasteiger partial charge is 0.338 e. The van der Waals surface area contributed by atoms with E-state index < -0.39 is 12.0 Å². The Hall–Kier alpha value is -3.19. The number of aromatic nitrogens is 1. The van der Waals surface area contributed by atoms with Gasteiger partial charge >= 0.3 is 5.97 Å². The summed E-state index contributed by atoms with van der Waals surface area (Å²) in [6.45, 7) is 3.71. The molecule has 0 aliphatic carbocycles. The fraction of sp³-hybridized carbons (Fsp3) is 0.190. The third kappa shape index (κ3) is 3.14. The number of furan rings is 1. The van der Waals surface area contributed by atoms with Crippen LogP contribution in [0.4, 0.5) is 0 Å². The third-order valence-electron chi connectivity index (χ3n) is 4.45. The molecule has 3 aromatic rings. The van der Waals surface area contributed by atoms with E-state index in [0.29, 0.717) is 26.4 Å². The van der Waals surface area contributed by atoms with E-state index in [9.17, 15) is 9.59 Å². The van der Waals surface area contributed by atoms with Gasteiger partial charge in [-0.1, -0.05) is 41.7 Å². The summed E-state index contributed by atoms with van der Waals surface area (Å²) in [5, 5.41) is 0. The molecule has 0 saturated heterocycles. The van der Waals surface area contributed by atoms with Gasteiger partial charge in [0.1, 0.15) is 11.8 Å². The second-order valence-electron chi connectivity index (χ2n) is 6.21. The van der Waals surface area contributed by atoms with E-state index in [2.05, 4.69) is 4.99 Å². The predicted octanol–water partition coefficient (Wildman–Crippen LogP) is 2.50. The monoisotopic (exact) mass is 394 g/mol. The molecule has 1 atom stereocenters. The highest BCUT2D eigenvalue weighted by atomic mass is 32.1. The Morgan fingerprint density at radius 2 is 2.07 bits per heavy atom. The van der Waals surface area contributed by atoms with E-state index >= 15 is 0 Å². The molecule has 2 aromatic heterocycles. The molecule has 7 heteroatoms. The van der Waals surface area contributed by atoms with Crippen LogP contribution in [0, 0.1) is 0 Å². The van der Waals surface area contributed by atoms with Gasteiger partial charge in [0.15, 0.2) is 4.80 Å². The summed E-state index contributed by atoms with van der Waals surface area (Å²) in [7, 11) is 0. The van der Waals surface area contributed by atoms with Gasteiger partial charge in [0.2, 0.25) is 0 Å². The first-order valence-electron chi connectivity index (χ1n) is 8.88. The Bertz CT molecular complexity index is 1220. The lowest BCUT2D eigenvalue weighted by molar-refractivity contribution is -0.138. The zero-order valence-corrected chi connectivity index (χ0v) is 16.2. The van der Waals surface area contributed by atoms with Crippen molar-refractivity contribution in [2.24, 2.45) is 4.99 Å². The number of nitrogens with zero attached hydrogens (tertiary/aromatic N) is 2. The zero-order chi connectivity index (χ0) is 19.7. The Morgan fingerprint density at radius 1 is 1.29 bits per heavy atom. The number of carbonyl (C=O) groups excluding carboxylic acids is 1. The maximum atomic E-state index is 13.0. The molecule has 28 heavy (non-hydrogen) atoms. The topological polar surface area (TPSA) is 73.8 Å². The zero-order valence-electron chi connectivity index (χ0n) is 15.4. The van der Waals surface area contributed by atoms with Gasteiger partial charge < -0.3 is 9.15 Å².